The van der Waals surface area contributed by atoms with E-state index in [2.05, 4.69) is 10.3 Å². The lowest BCUT2D eigenvalue weighted by atomic mass is 9.83. The number of nitrogens with one attached hydrogen (secondary N) is 2. The van der Waals surface area contributed by atoms with Crippen LogP contribution in [-0.2, 0) is 20.8 Å². The van der Waals surface area contributed by atoms with Gasteiger partial charge in [0, 0.05) is 48.8 Å². The maximum Gasteiger partial charge on any atom is 0.220 e. The van der Waals surface area contributed by atoms with Crippen LogP contribution >= 0.6 is 0 Å². The average molecular weight is 370 g/mol. The first kappa shape index (κ1) is 20.9. The van der Waals surface area contributed by atoms with Gasteiger partial charge in [0.25, 0.3) is 0 Å². The van der Waals surface area contributed by atoms with Gasteiger partial charge in [-0.15, -0.1) is 0 Å². The first-order valence-electron chi connectivity index (χ1n) is 9.60. The lowest BCUT2D eigenvalue weighted by Gasteiger charge is -2.20. The Morgan fingerprint density at radius 3 is 2.41 bits per heavy atom. The highest BCUT2D eigenvalue weighted by atomic mass is 16.2. The van der Waals surface area contributed by atoms with Crippen LogP contribution in [0.1, 0.15) is 45.6 Å². The Bertz CT molecular complexity index is 807. The predicted molar refractivity (Wildman–Crippen MR) is 107 cm³/mol. The molecule has 0 saturated carbocycles. The summed E-state index contributed by atoms with van der Waals surface area (Å²) in [7, 11) is 1.58. The molecule has 0 saturated heterocycles. The van der Waals surface area contributed by atoms with E-state index in [0.717, 1.165) is 16.5 Å². The summed E-state index contributed by atoms with van der Waals surface area (Å²) in [6.07, 6.45) is 3.47. The first-order valence-corrected chi connectivity index (χ1v) is 9.60. The van der Waals surface area contributed by atoms with Crippen molar-refractivity contribution in [1.82, 2.24) is 10.3 Å². The van der Waals surface area contributed by atoms with E-state index in [0.29, 0.717) is 18.8 Å². The largest absolute Gasteiger partial charge is 0.361 e. The number of aromatic nitrogens is 1. The van der Waals surface area contributed by atoms with Crippen LogP contribution in [0.3, 0.4) is 0 Å². The third kappa shape index (κ3) is 5.78. The second kappa shape index (κ2) is 9.49. The van der Waals surface area contributed by atoms with Crippen molar-refractivity contribution in [2.24, 2.45) is 17.8 Å². The van der Waals surface area contributed by atoms with Gasteiger partial charge in [-0.25, -0.2) is 0 Å². The summed E-state index contributed by atoms with van der Waals surface area (Å²) in [4.78, 5) is 40.1. The summed E-state index contributed by atoms with van der Waals surface area (Å²) >= 11 is 0. The molecular weight excluding hydrogens is 340 g/mol. The van der Waals surface area contributed by atoms with Gasteiger partial charge in [0.1, 0.15) is 11.6 Å². The number of aromatic amines is 1. The maximum absolute atomic E-state index is 12.9. The molecule has 1 amide bonds. The molecule has 0 aliphatic carbocycles. The Labute approximate surface area is 160 Å². The van der Waals surface area contributed by atoms with Crippen molar-refractivity contribution in [2.75, 3.05) is 7.05 Å². The van der Waals surface area contributed by atoms with Gasteiger partial charge in [-0.2, -0.15) is 0 Å². The second-order valence-electron chi connectivity index (χ2n) is 7.75. The number of ketones is 2. The van der Waals surface area contributed by atoms with Crippen LogP contribution in [-0.4, -0.2) is 29.5 Å². The molecule has 0 aliphatic heterocycles. The fraction of sp³-hybridized carbons (Fsp3) is 0.500. The van der Waals surface area contributed by atoms with E-state index in [-0.39, 0.29) is 42.2 Å². The highest BCUT2D eigenvalue weighted by molar-refractivity contribution is 5.91. The molecular formula is C22H30N2O3. The Kier molecular flexibility index (Phi) is 7.34. The van der Waals surface area contributed by atoms with Gasteiger partial charge >= 0.3 is 0 Å². The van der Waals surface area contributed by atoms with Crippen molar-refractivity contribution >= 4 is 28.4 Å². The minimum Gasteiger partial charge on any atom is -0.361 e. The molecule has 0 spiro atoms. The Hall–Kier alpha value is -2.43. The van der Waals surface area contributed by atoms with Gasteiger partial charge in [0.05, 0.1) is 0 Å². The highest BCUT2D eigenvalue weighted by Gasteiger charge is 2.27. The highest BCUT2D eigenvalue weighted by Crippen LogP contribution is 2.25. The fourth-order valence-corrected chi connectivity index (χ4v) is 3.56. The van der Waals surface area contributed by atoms with Crippen LogP contribution in [0.25, 0.3) is 10.9 Å². The summed E-state index contributed by atoms with van der Waals surface area (Å²) < 4.78 is 0. The Morgan fingerprint density at radius 1 is 1.07 bits per heavy atom. The third-order valence-corrected chi connectivity index (χ3v) is 5.09. The number of amides is 1. The summed E-state index contributed by atoms with van der Waals surface area (Å²) in [5.74, 6) is -0.506. The number of para-hydroxylation sites is 1. The minimum atomic E-state index is -0.365. The van der Waals surface area contributed by atoms with Crippen LogP contribution in [0.2, 0.25) is 0 Å². The molecule has 5 heteroatoms. The summed E-state index contributed by atoms with van der Waals surface area (Å²) in [5.41, 5.74) is 2.07. The number of Topliss-reactive ketones (excluding diaryl/α,β-unsaturated/α-hetero) is 2. The van der Waals surface area contributed by atoms with Crippen LogP contribution in [0, 0.1) is 17.8 Å². The third-order valence-electron chi connectivity index (χ3n) is 5.09. The molecule has 0 bridgehead atoms. The molecule has 2 rings (SSSR count). The molecule has 1 aromatic heterocycles. The summed E-state index contributed by atoms with van der Waals surface area (Å²) in [6.45, 7) is 5.63. The summed E-state index contributed by atoms with van der Waals surface area (Å²) in [5, 5.41) is 3.68. The van der Waals surface area contributed by atoms with Crippen molar-refractivity contribution in [1.29, 1.82) is 0 Å². The zero-order valence-corrected chi connectivity index (χ0v) is 16.7. The fourth-order valence-electron chi connectivity index (χ4n) is 3.56. The molecule has 0 aliphatic rings. The molecule has 2 aromatic rings. The number of carbonyl (C=O) groups is 3. The predicted octanol–water partition coefficient (Wildman–Crippen LogP) is 3.67. The zero-order valence-electron chi connectivity index (χ0n) is 16.7. The average Bonchev–Trinajstić information content (AvgIpc) is 3.03. The van der Waals surface area contributed by atoms with Crippen LogP contribution in [0.4, 0.5) is 0 Å². The van der Waals surface area contributed by atoms with Crippen molar-refractivity contribution in [3.8, 4) is 0 Å². The van der Waals surface area contributed by atoms with Crippen LogP contribution in [0.15, 0.2) is 30.5 Å². The number of hydrogen-bond donors (Lipinski definition) is 2. The number of hydrogen-bond acceptors (Lipinski definition) is 3. The van der Waals surface area contributed by atoms with Gasteiger partial charge in [0.15, 0.2) is 0 Å². The topological polar surface area (TPSA) is 79.0 Å². The van der Waals surface area contributed by atoms with Crippen molar-refractivity contribution in [3.63, 3.8) is 0 Å². The van der Waals surface area contributed by atoms with E-state index in [9.17, 15) is 14.4 Å². The lowest BCUT2D eigenvalue weighted by Crippen LogP contribution is -2.29. The quantitative estimate of drug-likeness (QED) is 0.670. The normalized spacial score (nSPS) is 13.5. The van der Waals surface area contributed by atoms with E-state index in [4.69, 9.17) is 0 Å². The molecule has 27 heavy (non-hydrogen) atoms. The van der Waals surface area contributed by atoms with Gasteiger partial charge in [0.2, 0.25) is 5.91 Å². The number of benzene rings is 1. The van der Waals surface area contributed by atoms with Gasteiger partial charge in [-0.1, -0.05) is 32.0 Å². The molecule has 1 heterocycles. The van der Waals surface area contributed by atoms with E-state index in [1.165, 1.54) is 0 Å². The minimum absolute atomic E-state index is 0.00680. The molecule has 5 nitrogen and oxygen atoms in total. The van der Waals surface area contributed by atoms with Gasteiger partial charge in [-0.05, 0) is 37.3 Å². The molecule has 146 valence electrons. The van der Waals surface area contributed by atoms with Crippen molar-refractivity contribution < 1.29 is 14.4 Å². The van der Waals surface area contributed by atoms with Crippen LogP contribution in [0.5, 0.6) is 0 Å². The molecule has 0 radical (unpaired) electrons. The van der Waals surface area contributed by atoms with Crippen molar-refractivity contribution in [3.05, 3.63) is 36.0 Å². The summed E-state index contributed by atoms with van der Waals surface area (Å²) in [6, 6.07) is 7.95. The van der Waals surface area contributed by atoms with E-state index in [1.54, 1.807) is 14.0 Å². The maximum atomic E-state index is 12.9. The van der Waals surface area contributed by atoms with Crippen molar-refractivity contribution in [2.45, 2.75) is 46.5 Å². The van der Waals surface area contributed by atoms with Gasteiger partial charge < -0.3 is 10.3 Å². The van der Waals surface area contributed by atoms with E-state index < -0.39 is 0 Å². The smallest absolute Gasteiger partial charge is 0.220 e. The van der Waals surface area contributed by atoms with Gasteiger partial charge in [-0.3, -0.25) is 14.4 Å². The second-order valence-corrected chi connectivity index (χ2v) is 7.75. The molecule has 2 N–H and O–H groups in total. The number of carbonyl (C=O) groups excluding carboxylic acids is 3. The number of rotatable bonds is 10. The first-order chi connectivity index (χ1) is 12.8. The lowest BCUT2D eigenvalue weighted by molar-refractivity contribution is -0.131. The molecule has 2 atom stereocenters. The number of fused-ring (bicyclic) bond motifs is 1. The molecule has 0 fully saturated rings. The Balaban J connectivity index is 2.14. The molecule has 1 aromatic carbocycles. The number of H-pyrrole nitrogens is 1. The Morgan fingerprint density at radius 2 is 1.78 bits per heavy atom. The monoisotopic (exact) mass is 370 g/mol. The molecule has 0 unspecified atom stereocenters. The SMILES string of the molecule is CNC(=O)C[C@@H](CC(C)C)C(=O)C[C@@H](Cc1c[nH]c2ccccc12)C(C)=O. The van der Waals surface area contributed by atoms with Crippen LogP contribution < -0.4 is 5.32 Å². The zero-order chi connectivity index (χ0) is 20.0. The standard InChI is InChI=1S/C22H30N2O3/c1-14(2)9-17(12-22(27)23-4)21(26)11-16(15(3)25)10-18-13-24-20-8-6-5-7-19(18)20/h5-8,13-14,16-17,24H,9-12H2,1-4H3,(H,23,27)/t16-,17-/m1/s1. The van der Waals surface area contributed by atoms with E-state index in [1.807, 2.05) is 44.3 Å². The van der Waals surface area contributed by atoms with E-state index >= 15 is 0 Å².